The molecule has 0 aliphatic heterocycles. The number of sulfonamides is 1. The topological polar surface area (TPSA) is 88.5 Å². The number of anilines is 1. The minimum atomic E-state index is -4.08. The Hall–Kier alpha value is -2.39. The van der Waals surface area contributed by atoms with Crippen LogP contribution in [0.5, 0.6) is 5.75 Å². The Bertz CT molecular complexity index is 1210. The van der Waals surface area contributed by atoms with Gasteiger partial charge in [0, 0.05) is 11.2 Å². The van der Waals surface area contributed by atoms with Crippen LogP contribution in [0.1, 0.15) is 22.9 Å². The summed E-state index contributed by atoms with van der Waals surface area (Å²) in [4.78, 5) is 3.98. The molecule has 1 aromatic heterocycles. The van der Waals surface area contributed by atoms with Gasteiger partial charge in [-0.05, 0) is 48.9 Å². The fourth-order valence-corrected chi connectivity index (χ4v) is 4.26. The summed E-state index contributed by atoms with van der Waals surface area (Å²) >= 11 is 11.9. The van der Waals surface area contributed by atoms with Crippen molar-refractivity contribution in [3.63, 3.8) is 0 Å². The van der Waals surface area contributed by atoms with E-state index in [1.54, 1.807) is 6.92 Å². The molecule has 1 atom stereocenters. The number of aromatic nitrogens is 1. The van der Waals surface area contributed by atoms with E-state index in [0.29, 0.717) is 10.6 Å². The summed E-state index contributed by atoms with van der Waals surface area (Å²) in [6.45, 7) is 1.67. The second kappa shape index (κ2) is 8.77. The lowest BCUT2D eigenvalue weighted by Gasteiger charge is -2.19. The Morgan fingerprint density at radius 1 is 1.20 bits per heavy atom. The van der Waals surface area contributed by atoms with Gasteiger partial charge in [-0.1, -0.05) is 29.3 Å². The zero-order valence-corrected chi connectivity index (χ0v) is 18.2. The van der Waals surface area contributed by atoms with Gasteiger partial charge in [-0.2, -0.15) is 0 Å². The van der Waals surface area contributed by atoms with Crippen LogP contribution in [-0.4, -0.2) is 25.6 Å². The standard InChI is InChI=1S/C20H17Cl2FN2O4S/c1-11-8-13(6-7-14(11)22)30(27,28)25-16-9-12(21)10-24-19(16)20(26)18-15(23)4-3-5-17(18)29-2/h3-10,20,25-26H,1-2H3. The maximum Gasteiger partial charge on any atom is 0.261 e. The first-order chi connectivity index (χ1) is 14.1. The van der Waals surface area contributed by atoms with Crippen molar-refractivity contribution in [1.82, 2.24) is 4.98 Å². The van der Waals surface area contributed by atoms with Crippen molar-refractivity contribution < 1.29 is 22.7 Å². The van der Waals surface area contributed by atoms with Gasteiger partial charge in [-0.25, -0.2) is 12.8 Å². The monoisotopic (exact) mass is 470 g/mol. The van der Waals surface area contributed by atoms with Crippen molar-refractivity contribution in [3.05, 3.63) is 81.3 Å². The third kappa shape index (κ3) is 4.52. The van der Waals surface area contributed by atoms with E-state index in [1.165, 1.54) is 49.7 Å². The van der Waals surface area contributed by atoms with Crippen LogP contribution in [0.25, 0.3) is 0 Å². The van der Waals surface area contributed by atoms with E-state index in [9.17, 15) is 17.9 Å². The second-order valence-electron chi connectivity index (χ2n) is 6.36. The third-order valence-electron chi connectivity index (χ3n) is 4.33. The van der Waals surface area contributed by atoms with Crippen LogP contribution in [0.4, 0.5) is 10.1 Å². The number of hydrogen-bond donors (Lipinski definition) is 2. The van der Waals surface area contributed by atoms with E-state index in [1.807, 2.05) is 0 Å². The van der Waals surface area contributed by atoms with E-state index in [2.05, 4.69) is 9.71 Å². The summed E-state index contributed by atoms with van der Waals surface area (Å²) in [5.74, 6) is -0.651. The molecule has 2 N–H and O–H groups in total. The molecule has 1 heterocycles. The second-order valence-corrected chi connectivity index (χ2v) is 8.89. The van der Waals surface area contributed by atoms with Gasteiger partial charge in [0.15, 0.2) is 0 Å². The average molecular weight is 471 g/mol. The lowest BCUT2D eigenvalue weighted by Crippen LogP contribution is -2.17. The van der Waals surface area contributed by atoms with Crippen molar-refractivity contribution in [3.8, 4) is 5.75 Å². The lowest BCUT2D eigenvalue weighted by molar-refractivity contribution is 0.205. The Morgan fingerprint density at radius 3 is 2.60 bits per heavy atom. The molecule has 0 aliphatic carbocycles. The zero-order valence-electron chi connectivity index (χ0n) is 15.9. The highest BCUT2D eigenvalue weighted by Crippen LogP contribution is 2.36. The Balaban J connectivity index is 2.07. The molecule has 0 fully saturated rings. The minimum absolute atomic E-state index is 0.0479. The highest BCUT2D eigenvalue weighted by Gasteiger charge is 2.26. The van der Waals surface area contributed by atoms with Gasteiger partial charge >= 0.3 is 0 Å². The fourth-order valence-electron chi connectivity index (χ4n) is 2.83. The smallest absolute Gasteiger partial charge is 0.261 e. The molecule has 3 aromatic rings. The summed E-state index contributed by atoms with van der Waals surface area (Å²) in [5.41, 5.74) is 0.141. The Morgan fingerprint density at radius 2 is 1.93 bits per heavy atom. The van der Waals surface area contributed by atoms with Crippen LogP contribution >= 0.6 is 23.2 Å². The maximum absolute atomic E-state index is 14.4. The van der Waals surface area contributed by atoms with Crippen molar-refractivity contribution in [2.75, 3.05) is 11.8 Å². The Kier molecular flexibility index (Phi) is 6.52. The molecule has 0 amide bonds. The molecule has 158 valence electrons. The first kappa shape index (κ1) is 22.3. The first-order valence-corrected chi connectivity index (χ1v) is 10.8. The summed E-state index contributed by atoms with van der Waals surface area (Å²) in [6, 6.07) is 9.52. The summed E-state index contributed by atoms with van der Waals surface area (Å²) < 4.78 is 47.6. The number of aryl methyl sites for hydroxylation is 1. The lowest BCUT2D eigenvalue weighted by atomic mass is 10.0. The van der Waals surface area contributed by atoms with Crippen LogP contribution in [0.15, 0.2) is 53.6 Å². The van der Waals surface area contributed by atoms with Crippen molar-refractivity contribution in [2.24, 2.45) is 0 Å². The number of rotatable bonds is 6. The molecule has 0 saturated heterocycles. The van der Waals surface area contributed by atoms with Gasteiger partial charge in [0.1, 0.15) is 17.7 Å². The number of ether oxygens (including phenoxy) is 1. The number of nitrogens with one attached hydrogen (secondary N) is 1. The number of aliphatic hydroxyl groups excluding tert-OH is 1. The molecule has 0 radical (unpaired) electrons. The quantitative estimate of drug-likeness (QED) is 0.543. The number of halogens is 3. The van der Waals surface area contributed by atoms with Crippen LogP contribution in [0.3, 0.4) is 0 Å². The van der Waals surface area contributed by atoms with Crippen LogP contribution in [-0.2, 0) is 10.0 Å². The Labute approximate surface area is 183 Å². The summed E-state index contributed by atoms with van der Waals surface area (Å²) in [6.07, 6.45) is -0.402. The van der Waals surface area contributed by atoms with E-state index >= 15 is 0 Å². The van der Waals surface area contributed by atoms with Gasteiger partial charge in [-0.3, -0.25) is 9.71 Å². The highest BCUT2D eigenvalue weighted by atomic mass is 35.5. The van der Waals surface area contributed by atoms with Gasteiger partial charge in [0.05, 0.1) is 34.0 Å². The third-order valence-corrected chi connectivity index (χ3v) is 6.33. The molecule has 1 unspecified atom stereocenters. The number of aliphatic hydroxyl groups is 1. The van der Waals surface area contributed by atoms with Gasteiger partial charge < -0.3 is 9.84 Å². The SMILES string of the molecule is COc1cccc(F)c1C(O)c1ncc(Cl)cc1NS(=O)(=O)c1ccc(Cl)c(C)c1. The fraction of sp³-hybridized carbons (Fsp3) is 0.150. The van der Waals surface area contributed by atoms with Crippen molar-refractivity contribution in [1.29, 1.82) is 0 Å². The van der Waals surface area contributed by atoms with Gasteiger partial charge in [0.25, 0.3) is 10.0 Å². The van der Waals surface area contributed by atoms with E-state index in [4.69, 9.17) is 27.9 Å². The predicted octanol–water partition coefficient (Wildman–Crippen LogP) is 4.73. The molecule has 6 nitrogen and oxygen atoms in total. The number of methoxy groups -OCH3 is 1. The molecule has 30 heavy (non-hydrogen) atoms. The van der Waals surface area contributed by atoms with Crippen molar-refractivity contribution in [2.45, 2.75) is 17.9 Å². The number of pyridine rings is 1. The number of nitrogens with zero attached hydrogens (tertiary/aromatic N) is 1. The van der Waals surface area contributed by atoms with Crippen LogP contribution < -0.4 is 9.46 Å². The van der Waals surface area contributed by atoms with Crippen molar-refractivity contribution >= 4 is 38.9 Å². The molecule has 3 rings (SSSR count). The molecule has 0 spiro atoms. The van der Waals surface area contributed by atoms with E-state index in [-0.39, 0.29) is 32.6 Å². The minimum Gasteiger partial charge on any atom is -0.496 e. The zero-order chi connectivity index (χ0) is 22.1. The molecular weight excluding hydrogens is 454 g/mol. The average Bonchev–Trinajstić information content (AvgIpc) is 2.69. The van der Waals surface area contributed by atoms with Crippen LogP contribution in [0, 0.1) is 12.7 Å². The van der Waals surface area contributed by atoms with Crippen LogP contribution in [0.2, 0.25) is 10.0 Å². The summed E-state index contributed by atoms with van der Waals surface area (Å²) in [7, 11) is -2.75. The molecule has 2 aromatic carbocycles. The largest absolute Gasteiger partial charge is 0.496 e. The molecule has 0 bridgehead atoms. The van der Waals surface area contributed by atoms with E-state index in [0.717, 1.165) is 6.07 Å². The van der Waals surface area contributed by atoms with Gasteiger partial charge in [0.2, 0.25) is 0 Å². The molecular formula is C20H17Cl2FN2O4S. The maximum atomic E-state index is 14.4. The number of hydrogen-bond acceptors (Lipinski definition) is 5. The normalized spacial score (nSPS) is 12.5. The number of benzene rings is 2. The molecule has 0 saturated carbocycles. The molecule has 10 heteroatoms. The molecule has 0 aliphatic rings. The highest BCUT2D eigenvalue weighted by molar-refractivity contribution is 7.92. The first-order valence-electron chi connectivity index (χ1n) is 8.59. The predicted molar refractivity (Wildman–Crippen MR) is 113 cm³/mol. The summed E-state index contributed by atoms with van der Waals surface area (Å²) in [5, 5.41) is 11.4. The van der Waals surface area contributed by atoms with E-state index < -0.39 is 21.9 Å². The van der Waals surface area contributed by atoms with Gasteiger partial charge in [-0.15, -0.1) is 0 Å².